The van der Waals surface area contributed by atoms with Crippen molar-refractivity contribution in [2.45, 2.75) is 31.2 Å². The number of fused-ring (bicyclic) bond motifs is 1. The second-order valence-corrected chi connectivity index (χ2v) is 7.63. The molecule has 1 atom stereocenters. The standard InChI is InChI=1S/C18H19NO4S/c1-4-23-17(20)13-9-10-16-15(11-13)18(3,19-24(16,21)22)14-8-6-5-7-12(14)2/h5-11,19H,4H2,1-3H3/t18-/m1/s1. The van der Waals surface area contributed by atoms with Crippen molar-refractivity contribution in [1.29, 1.82) is 0 Å². The molecule has 1 aliphatic heterocycles. The average Bonchev–Trinajstić information content (AvgIpc) is 2.75. The van der Waals surface area contributed by atoms with Gasteiger partial charge in [-0.05, 0) is 55.7 Å². The fourth-order valence-corrected chi connectivity index (χ4v) is 4.88. The van der Waals surface area contributed by atoms with Gasteiger partial charge in [-0.2, -0.15) is 4.72 Å². The van der Waals surface area contributed by atoms with Crippen LogP contribution in [-0.2, 0) is 20.3 Å². The Morgan fingerprint density at radius 2 is 1.88 bits per heavy atom. The lowest BCUT2D eigenvalue weighted by Crippen LogP contribution is -2.38. The van der Waals surface area contributed by atoms with Crippen LogP contribution in [0.1, 0.15) is 40.9 Å². The summed E-state index contributed by atoms with van der Waals surface area (Å²) in [6, 6.07) is 12.2. The van der Waals surface area contributed by atoms with E-state index in [4.69, 9.17) is 4.74 Å². The minimum absolute atomic E-state index is 0.196. The van der Waals surface area contributed by atoms with Gasteiger partial charge in [0.1, 0.15) is 0 Å². The van der Waals surface area contributed by atoms with Crippen LogP contribution in [0.3, 0.4) is 0 Å². The molecular weight excluding hydrogens is 326 g/mol. The molecule has 24 heavy (non-hydrogen) atoms. The number of rotatable bonds is 3. The Balaban J connectivity index is 2.23. The molecule has 0 aromatic heterocycles. The third kappa shape index (κ3) is 2.52. The van der Waals surface area contributed by atoms with E-state index in [0.29, 0.717) is 11.1 Å². The number of aryl methyl sites for hydroxylation is 1. The van der Waals surface area contributed by atoms with Crippen molar-refractivity contribution in [3.8, 4) is 0 Å². The van der Waals surface area contributed by atoms with E-state index in [1.807, 2.05) is 38.1 Å². The molecule has 5 nitrogen and oxygen atoms in total. The van der Waals surface area contributed by atoms with Crippen molar-refractivity contribution in [3.63, 3.8) is 0 Å². The van der Waals surface area contributed by atoms with E-state index in [2.05, 4.69) is 4.72 Å². The van der Waals surface area contributed by atoms with E-state index in [1.54, 1.807) is 13.0 Å². The van der Waals surface area contributed by atoms with Crippen molar-refractivity contribution in [2.24, 2.45) is 0 Å². The molecule has 0 spiro atoms. The molecule has 2 aromatic carbocycles. The van der Waals surface area contributed by atoms with Gasteiger partial charge in [-0.3, -0.25) is 0 Å². The molecule has 0 unspecified atom stereocenters. The topological polar surface area (TPSA) is 72.5 Å². The lowest BCUT2D eigenvalue weighted by atomic mass is 9.83. The van der Waals surface area contributed by atoms with Crippen LogP contribution in [0.15, 0.2) is 47.4 Å². The predicted molar refractivity (Wildman–Crippen MR) is 90.4 cm³/mol. The van der Waals surface area contributed by atoms with Gasteiger partial charge in [0.25, 0.3) is 0 Å². The van der Waals surface area contributed by atoms with E-state index in [9.17, 15) is 13.2 Å². The Hall–Kier alpha value is -2.18. The second kappa shape index (κ2) is 5.72. The third-order valence-corrected chi connectivity index (χ3v) is 5.95. The molecule has 0 saturated carbocycles. The first kappa shape index (κ1) is 16.7. The largest absolute Gasteiger partial charge is 0.462 e. The predicted octanol–water partition coefficient (Wildman–Crippen LogP) is 2.73. The average molecular weight is 345 g/mol. The van der Waals surface area contributed by atoms with Crippen molar-refractivity contribution >= 4 is 16.0 Å². The summed E-state index contributed by atoms with van der Waals surface area (Å²) in [5, 5.41) is 0. The van der Waals surface area contributed by atoms with Crippen LogP contribution >= 0.6 is 0 Å². The summed E-state index contributed by atoms with van der Waals surface area (Å²) in [7, 11) is -3.63. The quantitative estimate of drug-likeness (QED) is 0.868. The van der Waals surface area contributed by atoms with Gasteiger partial charge in [0, 0.05) is 0 Å². The van der Waals surface area contributed by atoms with Gasteiger partial charge in [-0.1, -0.05) is 24.3 Å². The van der Waals surface area contributed by atoms with Gasteiger partial charge < -0.3 is 4.74 Å². The van der Waals surface area contributed by atoms with Crippen LogP contribution in [-0.4, -0.2) is 21.0 Å². The molecule has 1 N–H and O–H groups in total. The molecule has 1 heterocycles. The molecule has 0 radical (unpaired) electrons. The molecule has 3 rings (SSSR count). The summed E-state index contributed by atoms with van der Waals surface area (Å²) in [4.78, 5) is 12.2. The van der Waals surface area contributed by atoms with Crippen LogP contribution in [0.2, 0.25) is 0 Å². The molecule has 126 valence electrons. The molecule has 1 aliphatic rings. The smallest absolute Gasteiger partial charge is 0.338 e. The Morgan fingerprint density at radius 1 is 1.17 bits per heavy atom. The summed E-state index contributed by atoms with van der Waals surface area (Å²) < 4.78 is 32.8. The lowest BCUT2D eigenvalue weighted by molar-refractivity contribution is 0.0526. The van der Waals surface area contributed by atoms with Gasteiger partial charge in [0.05, 0.1) is 22.6 Å². The summed E-state index contributed by atoms with van der Waals surface area (Å²) in [5.74, 6) is -0.461. The van der Waals surface area contributed by atoms with E-state index >= 15 is 0 Å². The van der Waals surface area contributed by atoms with Crippen molar-refractivity contribution in [1.82, 2.24) is 4.72 Å². The number of ether oxygens (including phenoxy) is 1. The van der Waals surface area contributed by atoms with Gasteiger partial charge >= 0.3 is 5.97 Å². The third-order valence-electron chi connectivity index (χ3n) is 4.34. The monoisotopic (exact) mass is 345 g/mol. The number of carbonyl (C=O) groups is 1. The lowest BCUT2D eigenvalue weighted by Gasteiger charge is -2.27. The van der Waals surface area contributed by atoms with Gasteiger partial charge in [0.15, 0.2) is 0 Å². The maximum absolute atomic E-state index is 12.5. The van der Waals surface area contributed by atoms with Crippen molar-refractivity contribution in [3.05, 3.63) is 64.7 Å². The van der Waals surface area contributed by atoms with E-state index in [1.165, 1.54) is 12.1 Å². The highest BCUT2D eigenvalue weighted by atomic mass is 32.2. The van der Waals surface area contributed by atoms with E-state index in [-0.39, 0.29) is 11.5 Å². The molecule has 0 bridgehead atoms. The Morgan fingerprint density at radius 3 is 2.54 bits per heavy atom. The van der Waals surface area contributed by atoms with Crippen LogP contribution in [0, 0.1) is 6.92 Å². The van der Waals surface area contributed by atoms with Gasteiger partial charge in [0.2, 0.25) is 10.0 Å². The first-order valence-corrected chi connectivity index (χ1v) is 9.19. The summed E-state index contributed by atoms with van der Waals surface area (Å²) >= 11 is 0. The summed E-state index contributed by atoms with van der Waals surface area (Å²) in [6.45, 7) is 5.74. The van der Waals surface area contributed by atoms with Gasteiger partial charge in [-0.25, -0.2) is 13.2 Å². The molecule has 0 fully saturated rings. The van der Waals surface area contributed by atoms with Crippen molar-refractivity contribution in [2.75, 3.05) is 6.61 Å². The second-order valence-electron chi connectivity index (χ2n) is 5.98. The Kier molecular flexibility index (Phi) is 3.97. The minimum atomic E-state index is -3.63. The first-order chi connectivity index (χ1) is 11.3. The van der Waals surface area contributed by atoms with Crippen LogP contribution in [0.5, 0.6) is 0 Å². The molecule has 6 heteroatoms. The molecule has 0 saturated heterocycles. The number of hydrogen-bond acceptors (Lipinski definition) is 4. The van der Waals surface area contributed by atoms with Gasteiger partial charge in [-0.15, -0.1) is 0 Å². The van der Waals surface area contributed by atoms with Crippen LogP contribution < -0.4 is 4.72 Å². The number of hydrogen-bond donors (Lipinski definition) is 1. The highest BCUT2D eigenvalue weighted by molar-refractivity contribution is 7.89. The molecular formula is C18H19NO4S. The van der Waals surface area contributed by atoms with Crippen molar-refractivity contribution < 1.29 is 17.9 Å². The SMILES string of the molecule is CCOC(=O)c1ccc2c(c1)[C@@](C)(c1ccccc1C)NS2(=O)=O. The zero-order chi connectivity index (χ0) is 17.5. The fourth-order valence-electron chi connectivity index (χ4n) is 3.21. The summed E-state index contributed by atoms with van der Waals surface area (Å²) in [6.07, 6.45) is 0. The summed E-state index contributed by atoms with van der Waals surface area (Å²) in [5.41, 5.74) is 1.80. The highest BCUT2D eigenvalue weighted by Crippen LogP contribution is 2.41. The number of sulfonamides is 1. The Labute approximate surface area is 141 Å². The first-order valence-electron chi connectivity index (χ1n) is 7.71. The van der Waals surface area contributed by atoms with E-state index in [0.717, 1.165) is 11.1 Å². The zero-order valence-electron chi connectivity index (χ0n) is 13.8. The maximum Gasteiger partial charge on any atom is 0.338 e. The molecule has 0 aliphatic carbocycles. The van der Waals surface area contributed by atoms with E-state index < -0.39 is 21.5 Å². The zero-order valence-corrected chi connectivity index (χ0v) is 14.6. The maximum atomic E-state index is 12.5. The molecule has 0 amide bonds. The number of esters is 1. The highest BCUT2D eigenvalue weighted by Gasteiger charge is 2.45. The van der Waals surface area contributed by atoms with Crippen LogP contribution in [0.25, 0.3) is 0 Å². The molecule has 2 aromatic rings. The number of benzene rings is 2. The minimum Gasteiger partial charge on any atom is -0.462 e. The fraction of sp³-hybridized carbons (Fsp3) is 0.278. The number of carbonyl (C=O) groups excluding carboxylic acids is 1. The number of nitrogens with one attached hydrogen (secondary N) is 1. The van der Waals surface area contributed by atoms with Crippen LogP contribution in [0.4, 0.5) is 0 Å². The normalized spacial score (nSPS) is 21.3. The Bertz CT molecular complexity index is 920.